The highest BCUT2D eigenvalue weighted by molar-refractivity contribution is 5.92. The number of hydrogen-bond acceptors (Lipinski definition) is 5. The first-order valence-electron chi connectivity index (χ1n) is 8.41. The van der Waals surface area contributed by atoms with Gasteiger partial charge in [0.05, 0.1) is 0 Å². The molecule has 2 aromatic carbocycles. The van der Waals surface area contributed by atoms with Crippen molar-refractivity contribution in [3.63, 3.8) is 0 Å². The van der Waals surface area contributed by atoms with Crippen LogP contribution in [0.5, 0.6) is 0 Å². The summed E-state index contributed by atoms with van der Waals surface area (Å²) < 4.78 is 10.6. The van der Waals surface area contributed by atoms with Gasteiger partial charge in [-0.25, -0.2) is 14.6 Å². The monoisotopic (exact) mass is 365 g/mol. The normalized spacial score (nSPS) is 11.4. The van der Waals surface area contributed by atoms with Crippen molar-refractivity contribution in [3.8, 4) is 11.5 Å². The molecule has 0 saturated carbocycles. The number of rotatable bonds is 6. The molecule has 3 aromatic rings. The van der Waals surface area contributed by atoms with E-state index in [-0.39, 0.29) is 6.61 Å². The molecule has 2 amide bonds. The van der Waals surface area contributed by atoms with Gasteiger partial charge in [-0.05, 0) is 31.2 Å². The molecule has 2 N–H and O–H groups in total. The van der Waals surface area contributed by atoms with Gasteiger partial charge in [0.15, 0.2) is 0 Å². The Bertz CT molecular complexity index is 894. The molecule has 0 radical (unpaired) electrons. The fourth-order valence-corrected chi connectivity index (χ4v) is 2.30. The lowest BCUT2D eigenvalue weighted by Gasteiger charge is -2.13. The summed E-state index contributed by atoms with van der Waals surface area (Å²) in [6.07, 6.45) is 1.44. The van der Waals surface area contributed by atoms with Gasteiger partial charge < -0.3 is 19.8 Å². The second kappa shape index (κ2) is 8.66. The predicted molar refractivity (Wildman–Crippen MR) is 99.8 cm³/mol. The van der Waals surface area contributed by atoms with Crippen molar-refractivity contribution < 1.29 is 18.7 Å². The predicted octanol–water partition coefficient (Wildman–Crippen LogP) is 3.60. The average molecular weight is 365 g/mol. The third kappa shape index (κ3) is 5.18. The van der Waals surface area contributed by atoms with Crippen LogP contribution in [0.3, 0.4) is 0 Å². The number of amides is 2. The number of nitrogens with one attached hydrogen (secondary N) is 2. The number of esters is 1. The molecule has 1 heterocycles. The Labute approximate surface area is 156 Å². The summed E-state index contributed by atoms with van der Waals surface area (Å²) in [5.74, 6) is -0.113. The number of carbonyl (C=O) groups is 2. The minimum absolute atomic E-state index is 0.0402. The number of hydrogen-bond donors (Lipinski definition) is 2. The Balaban J connectivity index is 1.47. The molecule has 7 nitrogen and oxygen atoms in total. The third-order valence-electron chi connectivity index (χ3n) is 3.67. The average Bonchev–Trinajstić information content (AvgIpc) is 3.16. The standard InChI is InChI=1S/C20H19N3O4/c1-14(21-20(25)23-16-10-6-3-7-11-16)19(24)27-13-17-12-26-18(22-17)15-8-4-2-5-9-15/h2-12,14H,13H2,1H3,(H2,21,23,25)/t14-/m1/s1. The molecule has 7 heteroatoms. The van der Waals surface area contributed by atoms with Crippen molar-refractivity contribution in [2.75, 3.05) is 5.32 Å². The van der Waals surface area contributed by atoms with Gasteiger partial charge in [-0.1, -0.05) is 36.4 Å². The topological polar surface area (TPSA) is 93.5 Å². The Morgan fingerprint density at radius 3 is 2.44 bits per heavy atom. The summed E-state index contributed by atoms with van der Waals surface area (Å²) >= 11 is 0. The summed E-state index contributed by atoms with van der Waals surface area (Å²) in [6.45, 7) is 1.51. The number of nitrogens with zero attached hydrogens (tertiary/aromatic N) is 1. The zero-order chi connectivity index (χ0) is 19.1. The van der Waals surface area contributed by atoms with E-state index in [1.54, 1.807) is 31.2 Å². The first-order chi connectivity index (χ1) is 13.1. The maximum absolute atomic E-state index is 12.1. The van der Waals surface area contributed by atoms with Crippen LogP contribution in [0, 0.1) is 0 Å². The quantitative estimate of drug-likeness (QED) is 0.651. The maximum Gasteiger partial charge on any atom is 0.328 e. The molecule has 0 unspecified atom stereocenters. The van der Waals surface area contributed by atoms with Crippen LogP contribution in [0.25, 0.3) is 11.5 Å². The minimum atomic E-state index is -0.811. The van der Waals surface area contributed by atoms with E-state index >= 15 is 0 Å². The summed E-state index contributed by atoms with van der Waals surface area (Å²) in [6, 6.07) is 17.1. The Morgan fingerprint density at radius 1 is 1.07 bits per heavy atom. The molecule has 0 aliphatic heterocycles. The smallest absolute Gasteiger partial charge is 0.328 e. The number of benzene rings is 2. The number of aromatic nitrogens is 1. The molecule has 0 spiro atoms. The van der Waals surface area contributed by atoms with E-state index in [1.165, 1.54) is 6.26 Å². The largest absolute Gasteiger partial charge is 0.458 e. The Kier molecular flexibility index (Phi) is 5.84. The number of urea groups is 1. The molecule has 0 saturated heterocycles. The summed E-state index contributed by atoms with van der Waals surface area (Å²) in [4.78, 5) is 28.2. The van der Waals surface area contributed by atoms with Crippen LogP contribution in [0.15, 0.2) is 71.3 Å². The van der Waals surface area contributed by atoms with E-state index in [1.807, 2.05) is 36.4 Å². The van der Waals surface area contributed by atoms with Crippen molar-refractivity contribution >= 4 is 17.7 Å². The van der Waals surface area contributed by atoms with Gasteiger partial charge in [0.2, 0.25) is 5.89 Å². The van der Waals surface area contributed by atoms with Crippen LogP contribution in [0.4, 0.5) is 10.5 Å². The molecule has 0 fully saturated rings. The number of carbonyl (C=O) groups excluding carboxylic acids is 2. The molecule has 0 aliphatic rings. The van der Waals surface area contributed by atoms with Gasteiger partial charge >= 0.3 is 12.0 Å². The van der Waals surface area contributed by atoms with Gasteiger partial charge in [-0.2, -0.15) is 0 Å². The summed E-state index contributed by atoms with van der Waals surface area (Å²) in [5.41, 5.74) is 1.96. The maximum atomic E-state index is 12.1. The van der Waals surface area contributed by atoms with Gasteiger partial charge in [0, 0.05) is 11.3 Å². The van der Waals surface area contributed by atoms with Crippen molar-refractivity contribution in [1.29, 1.82) is 0 Å². The second-order valence-electron chi connectivity index (χ2n) is 5.80. The van der Waals surface area contributed by atoms with E-state index in [0.29, 0.717) is 17.3 Å². The van der Waals surface area contributed by atoms with Crippen molar-refractivity contribution in [2.24, 2.45) is 0 Å². The molecule has 1 aromatic heterocycles. The molecular formula is C20H19N3O4. The van der Waals surface area contributed by atoms with E-state index in [0.717, 1.165) is 5.56 Å². The van der Waals surface area contributed by atoms with Gasteiger partial charge in [-0.3, -0.25) is 0 Å². The first kappa shape index (κ1) is 18.2. The molecular weight excluding hydrogens is 346 g/mol. The van der Waals surface area contributed by atoms with Crippen LogP contribution in [0.2, 0.25) is 0 Å². The highest BCUT2D eigenvalue weighted by Crippen LogP contribution is 2.18. The summed E-state index contributed by atoms with van der Waals surface area (Å²) in [5, 5.41) is 5.16. The molecule has 138 valence electrons. The molecule has 3 rings (SSSR count). The lowest BCUT2D eigenvalue weighted by atomic mass is 10.2. The van der Waals surface area contributed by atoms with Crippen molar-refractivity contribution in [1.82, 2.24) is 10.3 Å². The zero-order valence-corrected chi connectivity index (χ0v) is 14.7. The molecule has 0 bridgehead atoms. The molecule has 27 heavy (non-hydrogen) atoms. The Hall–Kier alpha value is -3.61. The number of anilines is 1. The fraction of sp³-hybridized carbons (Fsp3) is 0.150. The second-order valence-corrected chi connectivity index (χ2v) is 5.80. The van der Waals surface area contributed by atoms with Crippen LogP contribution in [-0.2, 0) is 16.1 Å². The van der Waals surface area contributed by atoms with Gasteiger partial charge in [-0.15, -0.1) is 0 Å². The number of para-hydroxylation sites is 1. The van der Waals surface area contributed by atoms with Crippen LogP contribution in [-0.4, -0.2) is 23.0 Å². The fourth-order valence-electron chi connectivity index (χ4n) is 2.30. The van der Waals surface area contributed by atoms with Crippen LogP contribution < -0.4 is 10.6 Å². The summed E-state index contributed by atoms with van der Waals surface area (Å²) in [7, 11) is 0. The lowest BCUT2D eigenvalue weighted by molar-refractivity contribution is -0.146. The van der Waals surface area contributed by atoms with Gasteiger partial charge in [0.25, 0.3) is 0 Å². The van der Waals surface area contributed by atoms with E-state index in [2.05, 4.69) is 15.6 Å². The molecule has 1 atom stereocenters. The highest BCUT2D eigenvalue weighted by Gasteiger charge is 2.18. The molecule has 0 aliphatic carbocycles. The first-order valence-corrected chi connectivity index (χ1v) is 8.41. The van der Waals surface area contributed by atoms with Crippen molar-refractivity contribution in [3.05, 3.63) is 72.6 Å². The number of oxazole rings is 1. The van der Waals surface area contributed by atoms with Crippen LogP contribution >= 0.6 is 0 Å². The zero-order valence-electron chi connectivity index (χ0n) is 14.7. The van der Waals surface area contributed by atoms with Crippen molar-refractivity contribution in [2.45, 2.75) is 19.6 Å². The van der Waals surface area contributed by atoms with E-state index in [4.69, 9.17) is 9.15 Å². The third-order valence-corrected chi connectivity index (χ3v) is 3.67. The van der Waals surface area contributed by atoms with Gasteiger partial charge in [0.1, 0.15) is 24.6 Å². The Morgan fingerprint density at radius 2 is 1.74 bits per heavy atom. The van der Waals surface area contributed by atoms with E-state index in [9.17, 15) is 9.59 Å². The lowest BCUT2D eigenvalue weighted by Crippen LogP contribution is -2.41. The van der Waals surface area contributed by atoms with Crippen LogP contribution in [0.1, 0.15) is 12.6 Å². The van der Waals surface area contributed by atoms with E-state index < -0.39 is 18.0 Å². The SMILES string of the molecule is C[C@@H](NC(=O)Nc1ccccc1)C(=O)OCc1coc(-c2ccccc2)n1. The highest BCUT2D eigenvalue weighted by atomic mass is 16.5. The number of ether oxygens (including phenoxy) is 1. The minimum Gasteiger partial charge on any atom is -0.458 e.